The molecule has 0 aliphatic heterocycles. The smallest absolute Gasteiger partial charge is 0.324 e. The highest BCUT2D eigenvalue weighted by Gasteiger charge is 2.15. The van der Waals surface area contributed by atoms with Crippen molar-refractivity contribution in [3.63, 3.8) is 0 Å². The van der Waals surface area contributed by atoms with Gasteiger partial charge in [-0.15, -0.1) is 0 Å². The van der Waals surface area contributed by atoms with Crippen LogP contribution in [-0.4, -0.2) is 41.0 Å². The minimum atomic E-state index is -1.30. The van der Waals surface area contributed by atoms with Crippen LogP contribution in [0.3, 0.4) is 0 Å². The fourth-order valence-electron chi connectivity index (χ4n) is 0.484. The van der Waals surface area contributed by atoms with Gasteiger partial charge < -0.3 is 26.4 Å². The van der Waals surface area contributed by atoms with Crippen LogP contribution in [0.5, 0.6) is 0 Å². The van der Waals surface area contributed by atoms with Crippen molar-refractivity contribution in [3.8, 4) is 0 Å². The summed E-state index contributed by atoms with van der Waals surface area (Å²) in [5.41, 5.74) is 9.89. The van der Waals surface area contributed by atoms with Gasteiger partial charge in [0.2, 0.25) is 0 Å². The van der Waals surface area contributed by atoms with E-state index in [0.717, 1.165) is 0 Å². The van der Waals surface area contributed by atoms with E-state index in [1.807, 2.05) is 0 Å². The minimum Gasteiger partial charge on any atom is -0.480 e. The molecule has 7 heteroatoms. The van der Waals surface area contributed by atoms with Crippen molar-refractivity contribution in [1.29, 1.82) is 0 Å². The molecule has 13 heavy (non-hydrogen) atoms. The summed E-state index contributed by atoms with van der Waals surface area (Å²) >= 11 is 0. The summed E-state index contributed by atoms with van der Waals surface area (Å²) in [4.78, 5) is 20.8. The van der Waals surface area contributed by atoms with Gasteiger partial charge in [0, 0.05) is 0 Å². The Bertz CT molecular complexity index is 193. The molecule has 7 nitrogen and oxygen atoms in total. The minimum absolute atomic E-state index is 0.383. The highest BCUT2D eigenvalue weighted by molar-refractivity contribution is 5.74. The predicted molar refractivity (Wildman–Crippen MR) is 41.4 cm³/mol. The summed E-state index contributed by atoms with van der Waals surface area (Å²) in [5.74, 6) is -2.05. The van der Waals surface area contributed by atoms with E-state index in [1.165, 1.54) is 0 Å². The number of hydrogen-bond donors (Lipinski definition) is 4. The number of hydrogen-bond acceptors (Lipinski definition) is 6. The van der Waals surface area contributed by atoms with Crippen LogP contribution in [0.2, 0.25) is 0 Å². The highest BCUT2D eigenvalue weighted by atomic mass is 16.5. The second kappa shape index (κ2) is 5.46. The van der Waals surface area contributed by atoms with Crippen molar-refractivity contribution in [3.05, 3.63) is 0 Å². The third-order valence-electron chi connectivity index (χ3n) is 1.12. The molecule has 0 rings (SSSR count). The van der Waals surface area contributed by atoms with E-state index < -0.39 is 30.8 Å². The lowest BCUT2D eigenvalue weighted by molar-refractivity contribution is -0.149. The Labute approximate surface area is 74.3 Å². The van der Waals surface area contributed by atoms with E-state index in [0.29, 0.717) is 0 Å². The van der Waals surface area contributed by atoms with Gasteiger partial charge in [-0.05, 0) is 0 Å². The molecule has 6 N–H and O–H groups in total. The lowest BCUT2D eigenvalue weighted by atomic mass is 10.3. The number of esters is 1. The second-order valence-electron chi connectivity index (χ2n) is 2.40. The van der Waals surface area contributed by atoms with Gasteiger partial charge in [0.05, 0.1) is 6.42 Å². The molecule has 0 fully saturated rings. The number of carbonyl (C=O) groups is 2. The third-order valence-corrected chi connectivity index (χ3v) is 1.12. The molecule has 0 aromatic heterocycles. The van der Waals surface area contributed by atoms with Crippen LogP contribution in [-0.2, 0) is 14.3 Å². The lowest BCUT2D eigenvalue weighted by Crippen LogP contribution is -2.36. The highest BCUT2D eigenvalue weighted by Crippen LogP contribution is 1.90. The van der Waals surface area contributed by atoms with Crippen LogP contribution < -0.4 is 11.5 Å². The molecule has 0 bridgehead atoms. The summed E-state index contributed by atoms with van der Waals surface area (Å²) in [5, 5.41) is 16.8. The maximum Gasteiger partial charge on any atom is 0.324 e. The zero-order valence-electron chi connectivity index (χ0n) is 6.84. The van der Waals surface area contributed by atoms with E-state index in [4.69, 9.17) is 21.7 Å². The van der Waals surface area contributed by atoms with E-state index in [2.05, 4.69) is 4.74 Å². The number of aliphatic hydroxyl groups is 1. The van der Waals surface area contributed by atoms with Crippen molar-refractivity contribution in [2.75, 3.05) is 6.61 Å². The van der Waals surface area contributed by atoms with Crippen molar-refractivity contribution >= 4 is 11.9 Å². The fourth-order valence-corrected chi connectivity index (χ4v) is 0.484. The Morgan fingerprint density at radius 3 is 2.31 bits per heavy atom. The third kappa shape index (κ3) is 6.02. The van der Waals surface area contributed by atoms with Crippen molar-refractivity contribution < 1.29 is 24.5 Å². The standard InChI is InChI=1S/C6H12N2O5/c7-3(6(11)12)2-13-5(10)1-4(8)9/h3-4,9H,1-2,7-8H2,(H,11,12)/t3-,4+/m0/s1. The SMILES string of the molecule is N[C@H](O)CC(=O)OC[C@H](N)C(=O)O. The summed E-state index contributed by atoms with van der Waals surface area (Å²) < 4.78 is 4.39. The largest absolute Gasteiger partial charge is 0.480 e. The summed E-state index contributed by atoms with van der Waals surface area (Å²) in [7, 11) is 0. The number of rotatable bonds is 5. The monoisotopic (exact) mass is 192 g/mol. The van der Waals surface area contributed by atoms with Crippen molar-refractivity contribution in [1.82, 2.24) is 0 Å². The summed E-state index contributed by atoms with van der Waals surface area (Å²) in [6, 6.07) is -1.25. The normalized spacial score (nSPS) is 14.7. The van der Waals surface area contributed by atoms with Gasteiger partial charge in [0.1, 0.15) is 18.9 Å². The topological polar surface area (TPSA) is 136 Å². The molecule has 0 aliphatic carbocycles. The van der Waals surface area contributed by atoms with Crippen molar-refractivity contribution in [2.45, 2.75) is 18.7 Å². The van der Waals surface area contributed by atoms with E-state index in [-0.39, 0.29) is 6.42 Å². The molecule has 0 radical (unpaired) electrons. The zero-order valence-corrected chi connectivity index (χ0v) is 6.84. The molecular formula is C6H12N2O5. The Kier molecular flexibility index (Phi) is 4.97. The number of aliphatic hydroxyl groups excluding tert-OH is 1. The Hall–Kier alpha value is -1.18. The van der Waals surface area contributed by atoms with E-state index in [1.54, 1.807) is 0 Å². The van der Waals surface area contributed by atoms with E-state index >= 15 is 0 Å². The molecule has 2 atom stereocenters. The van der Waals surface area contributed by atoms with Crippen LogP contribution in [0, 0.1) is 0 Å². The van der Waals surface area contributed by atoms with Gasteiger partial charge in [-0.25, -0.2) is 0 Å². The van der Waals surface area contributed by atoms with Gasteiger partial charge in [-0.2, -0.15) is 0 Å². The van der Waals surface area contributed by atoms with Crippen molar-refractivity contribution in [2.24, 2.45) is 11.5 Å². The second-order valence-corrected chi connectivity index (χ2v) is 2.40. The molecule has 0 saturated heterocycles. The lowest BCUT2D eigenvalue weighted by Gasteiger charge is -2.08. The summed E-state index contributed by atoms with van der Waals surface area (Å²) in [6.45, 7) is -0.430. The molecule has 0 unspecified atom stereocenters. The molecule has 76 valence electrons. The van der Waals surface area contributed by atoms with Gasteiger partial charge in [0.15, 0.2) is 0 Å². The van der Waals surface area contributed by atoms with Crippen LogP contribution in [0.4, 0.5) is 0 Å². The molecule has 0 heterocycles. The fraction of sp³-hybridized carbons (Fsp3) is 0.667. The average Bonchev–Trinajstić information content (AvgIpc) is 1.98. The van der Waals surface area contributed by atoms with Crippen LogP contribution in [0.25, 0.3) is 0 Å². The maximum atomic E-state index is 10.7. The number of ether oxygens (including phenoxy) is 1. The molecule has 0 aromatic carbocycles. The summed E-state index contributed by atoms with van der Waals surface area (Å²) in [6.07, 6.45) is -1.68. The molecule has 0 amide bonds. The molecule has 0 spiro atoms. The van der Waals surface area contributed by atoms with Gasteiger partial charge >= 0.3 is 11.9 Å². The first kappa shape index (κ1) is 11.8. The first-order valence-corrected chi connectivity index (χ1v) is 3.51. The zero-order chi connectivity index (χ0) is 10.4. The van der Waals surface area contributed by atoms with E-state index in [9.17, 15) is 9.59 Å². The number of carboxylic acids is 1. The van der Waals surface area contributed by atoms with Gasteiger partial charge in [-0.1, -0.05) is 0 Å². The van der Waals surface area contributed by atoms with Crippen LogP contribution in [0.15, 0.2) is 0 Å². The first-order valence-electron chi connectivity index (χ1n) is 3.51. The molecule has 0 aliphatic rings. The Balaban J connectivity index is 3.64. The number of nitrogens with two attached hydrogens (primary N) is 2. The Morgan fingerprint density at radius 2 is 1.92 bits per heavy atom. The van der Waals surface area contributed by atoms with Crippen LogP contribution >= 0.6 is 0 Å². The first-order chi connectivity index (χ1) is 5.93. The number of carbonyl (C=O) groups excluding carboxylic acids is 1. The molecule has 0 aromatic rings. The number of carboxylic acid groups (broad SMARTS) is 1. The predicted octanol–water partition coefficient (Wildman–Crippen LogP) is -2.39. The molecule has 0 saturated carbocycles. The maximum absolute atomic E-state index is 10.7. The number of aliphatic carboxylic acids is 1. The van der Waals surface area contributed by atoms with Gasteiger partial charge in [-0.3, -0.25) is 9.59 Å². The molecular weight excluding hydrogens is 180 g/mol. The van der Waals surface area contributed by atoms with Gasteiger partial charge in [0.25, 0.3) is 0 Å². The average molecular weight is 192 g/mol. The van der Waals surface area contributed by atoms with Crippen LogP contribution in [0.1, 0.15) is 6.42 Å². The Morgan fingerprint density at radius 1 is 1.38 bits per heavy atom. The quantitative estimate of drug-likeness (QED) is 0.282.